The number of carboxylic acid groups (broad SMARTS) is 2. The van der Waals surface area contributed by atoms with Crippen LogP contribution in [0.1, 0.15) is 65.2 Å². The van der Waals surface area contributed by atoms with Crippen LogP contribution in [0.3, 0.4) is 0 Å². The number of carbonyl (C=O) groups excluding carboxylic acids is 1. The molecule has 2 aliphatic rings. The maximum atomic E-state index is 13.5. The van der Waals surface area contributed by atoms with Gasteiger partial charge >= 0.3 is 11.9 Å². The molecule has 0 spiro atoms. The van der Waals surface area contributed by atoms with Crippen molar-refractivity contribution in [1.29, 1.82) is 0 Å². The Hall–Kier alpha value is -3.73. The highest BCUT2D eigenvalue weighted by molar-refractivity contribution is 6.12. The number of hydrogen-bond acceptors (Lipinski definition) is 3. The molecule has 33 heavy (non-hydrogen) atoms. The van der Waals surface area contributed by atoms with E-state index < -0.39 is 35.6 Å². The van der Waals surface area contributed by atoms with Crippen LogP contribution in [-0.4, -0.2) is 27.9 Å². The highest BCUT2D eigenvalue weighted by Crippen LogP contribution is 2.60. The number of fused-ring (bicyclic) bond motifs is 5. The molecule has 1 fully saturated rings. The average molecular weight is 445 g/mol. The summed E-state index contributed by atoms with van der Waals surface area (Å²) >= 11 is 0. The summed E-state index contributed by atoms with van der Waals surface area (Å²) in [5.41, 5.74) is 3.80. The first kappa shape index (κ1) is 23.9. The van der Waals surface area contributed by atoms with Crippen LogP contribution in [-0.2, 0) is 9.59 Å². The summed E-state index contributed by atoms with van der Waals surface area (Å²) in [4.78, 5) is 37.5. The van der Waals surface area contributed by atoms with Crippen LogP contribution in [0.15, 0.2) is 73.3 Å². The van der Waals surface area contributed by atoms with Gasteiger partial charge in [-0.25, -0.2) is 0 Å². The van der Waals surface area contributed by atoms with Gasteiger partial charge in [-0.2, -0.15) is 0 Å². The van der Waals surface area contributed by atoms with Gasteiger partial charge in [0.2, 0.25) is 0 Å². The molecule has 170 valence electrons. The van der Waals surface area contributed by atoms with Crippen LogP contribution in [0.2, 0.25) is 0 Å². The first-order valence-corrected chi connectivity index (χ1v) is 11.1. The van der Waals surface area contributed by atoms with E-state index in [0.717, 1.165) is 11.1 Å². The van der Waals surface area contributed by atoms with Crippen molar-refractivity contribution < 1.29 is 24.6 Å². The molecule has 0 aliphatic heterocycles. The molecule has 2 N–H and O–H groups in total. The molecule has 5 heteroatoms. The second-order valence-electron chi connectivity index (χ2n) is 7.84. The highest BCUT2D eigenvalue weighted by Gasteiger charge is 2.60. The number of aliphatic carboxylic acids is 2. The van der Waals surface area contributed by atoms with Crippen molar-refractivity contribution >= 4 is 23.3 Å². The molecule has 2 aromatic carbocycles. The summed E-state index contributed by atoms with van der Waals surface area (Å²) in [5.74, 6) is -5.82. The van der Waals surface area contributed by atoms with Gasteiger partial charge in [-0.05, 0) is 35.3 Å². The molecule has 4 rings (SSSR count). The monoisotopic (exact) mass is 444 g/mol. The van der Waals surface area contributed by atoms with Gasteiger partial charge in [0.1, 0.15) is 0 Å². The van der Waals surface area contributed by atoms with Crippen LogP contribution in [0.5, 0.6) is 0 Å². The van der Waals surface area contributed by atoms with E-state index in [9.17, 15) is 24.6 Å². The molecule has 0 amide bonds. The van der Waals surface area contributed by atoms with E-state index in [2.05, 4.69) is 6.58 Å². The van der Waals surface area contributed by atoms with Crippen molar-refractivity contribution in [3.05, 3.63) is 101 Å². The Kier molecular flexibility index (Phi) is 7.12. The number of carbonyl (C=O) groups is 3. The minimum atomic E-state index is -1.15. The van der Waals surface area contributed by atoms with Gasteiger partial charge in [0.05, 0.1) is 11.8 Å². The molecule has 2 aliphatic carbocycles. The first-order valence-electron chi connectivity index (χ1n) is 11.1. The molecule has 0 aromatic heterocycles. The molecule has 4 unspecified atom stereocenters. The molecule has 5 nitrogen and oxygen atoms in total. The third-order valence-corrected chi connectivity index (χ3v) is 6.40. The Morgan fingerprint density at radius 1 is 0.909 bits per heavy atom. The predicted octanol–water partition coefficient (Wildman–Crippen LogP) is 5.69. The number of rotatable bonds is 5. The van der Waals surface area contributed by atoms with Crippen molar-refractivity contribution in [2.45, 2.75) is 32.6 Å². The number of carboxylic acids is 2. The summed E-state index contributed by atoms with van der Waals surface area (Å²) < 4.78 is 0. The van der Waals surface area contributed by atoms with E-state index in [0.29, 0.717) is 22.3 Å². The van der Waals surface area contributed by atoms with Crippen LogP contribution in [0.4, 0.5) is 0 Å². The fourth-order valence-electron chi connectivity index (χ4n) is 5.03. The van der Waals surface area contributed by atoms with Crippen LogP contribution >= 0.6 is 0 Å². The predicted molar refractivity (Wildman–Crippen MR) is 128 cm³/mol. The Labute approximate surface area is 193 Å². The normalized spacial score (nSPS) is 23.1. The van der Waals surface area contributed by atoms with Crippen molar-refractivity contribution in [3.8, 4) is 0 Å². The lowest BCUT2D eigenvalue weighted by molar-refractivity contribution is -0.164. The standard InChI is InChI=1S/C26H22O5.C2H6/c1-3-5-8-14(4-2)15-11-12-17-19(13-15)24(27)18-10-7-6-9-16(18)20-21(17)23(26(30)31)22(20)25(28)29;1-2/h3-13,20-23H,1H2,2H3,(H,28,29)(H,30,31);1-2H3/b8-5-,14-4+;. The molecule has 0 heterocycles. The Morgan fingerprint density at radius 3 is 2.03 bits per heavy atom. The lowest BCUT2D eigenvalue weighted by Gasteiger charge is -2.48. The fourth-order valence-corrected chi connectivity index (χ4v) is 5.03. The maximum absolute atomic E-state index is 13.5. The Bertz CT molecular complexity index is 1170. The van der Waals surface area contributed by atoms with Crippen LogP contribution in [0.25, 0.3) is 5.57 Å². The summed E-state index contributed by atoms with van der Waals surface area (Å²) in [5, 5.41) is 19.6. The number of ketones is 1. The minimum absolute atomic E-state index is 0.210. The zero-order chi connectivity index (χ0) is 24.3. The summed E-state index contributed by atoms with van der Waals surface area (Å²) in [7, 11) is 0. The van der Waals surface area contributed by atoms with Crippen molar-refractivity contribution in [1.82, 2.24) is 0 Å². The summed E-state index contributed by atoms with van der Waals surface area (Å²) in [6, 6.07) is 12.4. The van der Waals surface area contributed by atoms with Crippen LogP contribution < -0.4 is 0 Å². The van der Waals surface area contributed by atoms with Crippen LogP contribution in [0, 0.1) is 11.8 Å². The van der Waals surface area contributed by atoms with E-state index in [1.807, 2.05) is 39.0 Å². The third-order valence-electron chi connectivity index (χ3n) is 6.40. The third kappa shape index (κ3) is 3.95. The average Bonchev–Trinajstić information content (AvgIpc) is 2.87. The minimum Gasteiger partial charge on any atom is -0.481 e. The maximum Gasteiger partial charge on any atom is 0.308 e. The van der Waals surface area contributed by atoms with Gasteiger partial charge < -0.3 is 10.2 Å². The summed E-state index contributed by atoms with van der Waals surface area (Å²) in [6.07, 6.45) is 7.27. The van der Waals surface area contributed by atoms with E-state index in [-0.39, 0.29) is 5.78 Å². The number of benzene rings is 2. The SMILES string of the molecule is C=C/C=C\C(=C/C)c1ccc2c(c1)C(=O)c1ccccc1C1C(C(=O)O)C(C(=O)O)C21.CC. The smallest absolute Gasteiger partial charge is 0.308 e. The second-order valence-corrected chi connectivity index (χ2v) is 7.84. The van der Waals surface area contributed by atoms with E-state index >= 15 is 0 Å². The van der Waals surface area contributed by atoms with Gasteiger partial charge in [-0.15, -0.1) is 0 Å². The lowest BCUT2D eigenvalue weighted by atomic mass is 9.52. The molecule has 1 saturated carbocycles. The molecule has 0 bridgehead atoms. The molecular formula is C28H28O5. The van der Waals surface area contributed by atoms with Gasteiger partial charge in [0, 0.05) is 23.0 Å². The summed E-state index contributed by atoms with van der Waals surface area (Å²) in [6.45, 7) is 9.57. The second kappa shape index (κ2) is 9.82. The van der Waals surface area contributed by atoms with Crippen molar-refractivity contribution in [2.75, 3.05) is 0 Å². The van der Waals surface area contributed by atoms with Crippen molar-refractivity contribution in [3.63, 3.8) is 0 Å². The van der Waals surface area contributed by atoms with Gasteiger partial charge in [0.15, 0.2) is 5.78 Å². The molecule has 0 saturated heterocycles. The Balaban J connectivity index is 0.00000149. The van der Waals surface area contributed by atoms with Gasteiger partial charge in [-0.1, -0.05) is 81.1 Å². The van der Waals surface area contributed by atoms with E-state index in [1.165, 1.54) is 0 Å². The topological polar surface area (TPSA) is 91.7 Å². The van der Waals surface area contributed by atoms with E-state index in [1.54, 1.807) is 48.6 Å². The lowest BCUT2D eigenvalue weighted by Crippen LogP contribution is -2.51. The zero-order valence-electron chi connectivity index (χ0n) is 19.0. The zero-order valence-corrected chi connectivity index (χ0v) is 19.0. The number of allylic oxidation sites excluding steroid dienone is 5. The van der Waals surface area contributed by atoms with Gasteiger partial charge in [0.25, 0.3) is 0 Å². The molecular weight excluding hydrogens is 416 g/mol. The largest absolute Gasteiger partial charge is 0.481 e. The molecule has 0 radical (unpaired) electrons. The molecule has 4 atom stereocenters. The van der Waals surface area contributed by atoms with Gasteiger partial charge in [-0.3, -0.25) is 14.4 Å². The quantitative estimate of drug-likeness (QED) is 0.579. The first-order chi connectivity index (χ1) is 15.9. The fraction of sp³-hybridized carbons (Fsp3) is 0.250. The van der Waals surface area contributed by atoms with Crippen molar-refractivity contribution in [2.24, 2.45) is 11.8 Å². The Morgan fingerprint density at radius 2 is 1.48 bits per heavy atom. The van der Waals surface area contributed by atoms with E-state index in [4.69, 9.17) is 0 Å². The number of hydrogen-bond donors (Lipinski definition) is 2. The highest BCUT2D eigenvalue weighted by atomic mass is 16.4. The molecule has 2 aromatic rings.